The van der Waals surface area contributed by atoms with E-state index in [1.807, 2.05) is 54.6 Å². The zero-order valence-corrected chi connectivity index (χ0v) is 19.6. The molecule has 2 aromatic heterocycles. The molecule has 35 heavy (non-hydrogen) atoms. The van der Waals surface area contributed by atoms with Crippen molar-refractivity contribution < 1.29 is 12.8 Å². The molecule has 5 rings (SSSR count). The molecule has 6 nitrogen and oxygen atoms in total. The van der Waals surface area contributed by atoms with E-state index in [9.17, 15) is 12.8 Å². The summed E-state index contributed by atoms with van der Waals surface area (Å²) in [6.45, 7) is 0.356. The number of nitrogens with zero attached hydrogens (tertiary/aromatic N) is 3. The minimum atomic E-state index is -3.44. The summed E-state index contributed by atoms with van der Waals surface area (Å²) < 4.78 is 37.9. The van der Waals surface area contributed by atoms with Crippen molar-refractivity contribution in [3.8, 4) is 22.4 Å². The van der Waals surface area contributed by atoms with Crippen molar-refractivity contribution >= 4 is 26.4 Å². The van der Waals surface area contributed by atoms with E-state index >= 15 is 0 Å². The molecule has 2 heterocycles. The number of hydrogen-bond donors (Lipinski definition) is 1. The first-order chi connectivity index (χ1) is 16.9. The van der Waals surface area contributed by atoms with E-state index < -0.39 is 9.84 Å². The number of rotatable bonds is 6. The van der Waals surface area contributed by atoms with Crippen molar-refractivity contribution in [2.75, 3.05) is 11.6 Å². The van der Waals surface area contributed by atoms with Crippen LogP contribution in [-0.2, 0) is 16.4 Å². The second kappa shape index (κ2) is 9.23. The molecule has 0 aliphatic rings. The molecule has 0 saturated carbocycles. The van der Waals surface area contributed by atoms with Crippen molar-refractivity contribution in [1.29, 1.82) is 0 Å². The Balaban J connectivity index is 1.70. The van der Waals surface area contributed by atoms with Gasteiger partial charge in [-0.3, -0.25) is 4.98 Å². The number of aromatic nitrogens is 3. The molecule has 8 heteroatoms. The molecular weight excluding hydrogens is 463 g/mol. The monoisotopic (exact) mass is 484 g/mol. The molecular formula is C27H21FN4O2S. The summed E-state index contributed by atoms with van der Waals surface area (Å²) in [5.41, 5.74) is 3.77. The maximum Gasteiger partial charge on any atom is 0.177 e. The fourth-order valence-corrected chi connectivity index (χ4v) is 4.58. The average molecular weight is 485 g/mol. The van der Waals surface area contributed by atoms with Gasteiger partial charge in [-0.2, -0.15) is 0 Å². The molecule has 174 valence electrons. The molecule has 0 atom stereocenters. The van der Waals surface area contributed by atoms with Crippen molar-refractivity contribution in [1.82, 2.24) is 15.2 Å². The largest absolute Gasteiger partial charge is 0.364 e. The molecule has 0 unspecified atom stereocenters. The first-order valence-corrected chi connectivity index (χ1v) is 12.8. The van der Waals surface area contributed by atoms with Gasteiger partial charge in [-0.05, 0) is 34.9 Å². The lowest BCUT2D eigenvalue weighted by molar-refractivity contribution is 0.601. The quantitative estimate of drug-likeness (QED) is 0.342. The molecule has 0 fully saturated rings. The van der Waals surface area contributed by atoms with Crippen LogP contribution in [0.1, 0.15) is 5.56 Å². The van der Waals surface area contributed by atoms with Crippen LogP contribution in [0.25, 0.3) is 33.2 Å². The Morgan fingerprint density at radius 3 is 2.43 bits per heavy atom. The second-order valence-electron chi connectivity index (χ2n) is 8.16. The van der Waals surface area contributed by atoms with Gasteiger partial charge in [0.15, 0.2) is 15.7 Å². The van der Waals surface area contributed by atoms with E-state index in [1.165, 1.54) is 18.3 Å². The third-order valence-electron chi connectivity index (χ3n) is 5.65. The minimum absolute atomic E-state index is 0.109. The normalized spacial score (nSPS) is 11.5. The minimum Gasteiger partial charge on any atom is -0.364 e. The van der Waals surface area contributed by atoms with Gasteiger partial charge in [0.1, 0.15) is 11.5 Å². The zero-order valence-electron chi connectivity index (χ0n) is 18.8. The highest BCUT2D eigenvalue weighted by molar-refractivity contribution is 7.90. The van der Waals surface area contributed by atoms with Crippen LogP contribution < -0.4 is 5.32 Å². The zero-order chi connectivity index (χ0) is 24.4. The molecule has 5 aromatic rings. The van der Waals surface area contributed by atoms with Gasteiger partial charge in [0.05, 0.1) is 4.90 Å². The topological polar surface area (TPSA) is 84.8 Å². The third kappa shape index (κ3) is 4.74. The van der Waals surface area contributed by atoms with Crippen LogP contribution in [0.2, 0.25) is 0 Å². The predicted molar refractivity (Wildman–Crippen MR) is 135 cm³/mol. The summed E-state index contributed by atoms with van der Waals surface area (Å²) >= 11 is 0. The second-order valence-corrected chi connectivity index (χ2v) is 10.2. The van der Waals surface area contributed by atoms with E-state index in [0.717, 1.165) is 33.7 Å². The smallest absolute Gasteiger partial charge is 0.177 e. The number of fused-ring (bicyclic) bond motifs is 1. The maximum absolute atomic E-state index is 13.7. The highest BCUT2D eigenvalue weighted by Gasteiger charge is 2.17. The van der Waals surface area contributed by atoms with Gasteiger partial charge in [-0.25, -0.2) is 12.8 Å². The van der Waals surface area contributed by atoms with Gasteiger partial charge in [0.25, 0.3) is 0 Å². The Morgan fingerprint density at radius 2 is 1.66 bits per heavy atom. The van der Waals surface area contributed by atoms with Crippen LogP contribution in [0.5, 0.6) is 0 Å². The highest BCUT2D eigenvalue weighted by atomic mass is 32.2. The van der Waals surface area contributed by atoms with Crippen LogP contribution in [0, 0.1) is 5.82 Å². The van der Waals surface area contributed by atoms with Crippen LogP contribution in [-0.4, -0.2) is 29.9 Å². The van der Waals surface area contributed by atoms with Crippen LogP contribution in [0.4, 0.5) is 10.2 Å². The number of benzene rings is 3. The molecule has 0 saturated heterocycles. The standard InChI is InChI=1S/C27H21FN4O2S/c1-35(33,34)22-14-20(16-29-17-22)26-24-12-6-11-23(19-8-3-2-4-9-19)25(24)27(32-31-26)30-15-18-7-5-10-21(28)13-18/h2-14,16-17H,15H2,1H3,(H,30,32). The lowest BCUT2D eigenvalue weighted by atomic mass is 9.96. The molecule has 0 aliphatic carbocycles. The van der Waals surface area contributed by atoms with Gasteiger partial charge >= 0.3 is 0 Å². The summed E-state index contributed by atoms with van der Waals surface area (Å²) in [4.78, 5) is 4.23. The molecule has 3 aromatic carbocycles. The van der Waals surface area contributed by atoms with E-state index in [4.69, 9.17) is 0 Å². The summed E-state index contributed by atoms with van der Waals surface area (Å²) in [6.07, 6.45) is 4.04. The summed E-state index contributed by atoms with van der Waals surface area (Å²) in [5.74, 6) is 0.235. The van der Waals surface area contributed by atoms with Crippen LogP contribution in [0.3, 0.4) is 0 Å². The predicted octanol–water partition coefficient (Wildman–Crippen LogP) is 5.51. The van der Waals surface area contributed by atoms with Gasteiger partial charge in [0, 0.05) is 41.5 Å². The SMILES string of the molecule is CS(=O)(=O)c1cncc(-c2nnc(NCc3cccc(F)c3)c3c(-c4ccccc4)cccc23)c1. The number of halogens is 1. The number of anilines is 1. The van der Waals surface area contributed by atoms with E-state index in [2.05, 4.69) is 20.5 Å². The third-order valence-corrected chi connectivity index (χ3v) is 6.73. The van der Waals surface area contributed by atoms with E-state index in [0.29, 0.717) is 23.6 Å². The maximum atomic E-state index is 13.7. The first kappa shape index (κ1) is 22.6. The van der Waals surface area contributed by atoms with Gasteiger partial charge in [-0.15, -0.1) is 10.2 Å². The Labute approximate surface area is 202 Å². The number of sulfone groups is 1. The van der Waals surface area contributed by atoms with Crippen LogP contribution >= 0.6 is 0 Å². The van der Waals surface area contributed by atoms with Crippen molar-refractivity contribution in [3.63, 3.8) is 0 Å². The number of pyridine rings is 1. The number of hydrogen-bond acceptors (Lipinski definition) is 6. The fraction of sp³-hybridized carbons (Fsp3) is 0.0741. The van der Waals surface area contributed by atoms with E-state index in [-0.39, 0.29) is 10.7 Å². The highest BCUT2D eigenvalue weighted by Crippen LogP contribution is 2.37. The van der Waals surface area contributed by atoms with Crippen molar-refractivity contribution in [3.05, 3.63) is 103 Å². The molecule has 0 aliphatic heterocycles. The Hall–Kier alpha value is -4.17. The van der Waals surface area contributed by atoms with Crippen molar-refractivity contribution in [2.45, 2.75) is 11.4 Å². The lowest BCUT2D eigenvalue weighted by Crippen LogP contribution is -2.05. The Kier molecular flexibility index (Phi) is 5.96. The van der Waals surface area contributed by atoms with Gasteiger partial charge < -0.3 is 5.32 Å². The first-order valence-electron chi connectivity index (χ1n) is 10.9. The molecule has 0 bridgehead atoms. The van der Waals surface area contributed by atoms with Crippen molar-refractivity contribution in [2.24, 2.45) is 0 Å². The summed E-state index contributed by atoms with van der Waals surface area (Å²) in [6, 6.07) is 23.7. The number of nitrogens with one attached hydrogen (secondary N) is 1. The summed E-state index contributed by atoms with van der Waals surface area (Å²) in [5, 5.41) is 13.8. The average Bonchev–Trinajstić information content (AvgIpc) is 2.87. The van der Waals surface area contributed by atoms with E-state index in [1.54, 1.807) is 18.3 Å². The molecule has 0 amide bonds. The lowest BCUT2D eigenvalue weighted by Gasteiger charge is -2.15. The Bertz CT molecular complexity index is 1640. The summed E-state index contributed by atoms with van der Waals surface area (Å²) in [7, 11) is -3.44. The van der Waals surface area contributed by atoms with Crippen LogP contribution in [0.15, 0.2) is 96.2 Å². The molecule has 0 radical (unpaired) electrons. The molecule has 1 N–H and O–H groups in total. The van der Waals surface area contributed by atoms with Gasteiger partial charge in [-0.1, -0.05) is 60.7 Å². The fourth-order valence-electron chi connectivity index (χ4n) is 3.99. The molecule has 0 spiro atoms. The Morgan fingerprint density at radius 1 is 0.857 bits per heavy atom. The van der Waals surface area contributed by atoms with Gasteiger partial charge in [0.2, 0.25) is 0 Å².